The van der Waals surface area contributed by atoms with Gasteiger partial charge in [-0.1, -0.05) is 46.4 Å². The SMILES string of the molecule is Clc1ccc(Cl)c(Nc2nc(Cl)nc(Nc3cc(Cl)ccc3Cl)n2)c1. The van der Waals surface area contributed by atoms with E-state index in [1.807, 2.05) is 0 Å². The summed E-state index contributed by atoms with van der Waals surface area (Å²) >= 11 is 30.1. The number of rotatable bonds is 4. The van der Waals surface area contributed by atoms with E-state index in [1.54, 1.807) is 36.4 Å². The third-order valence-electron chi connectivity index (χ3n) is 2.96. The lowest BCUT2D eigenvalue weighted by Crippen LogP contribution is -2.04. The van der Waals surface area contributed by atoms with Crippen LogP contribution in [0.5, 0.6) is 0 Å². The maximum atomic E-state index is 6.12. The van der Waals surface area contributed by atoms with Crippen LogP contribution < -0.4 is 10.6 Å². The molecule has 2 N–H and O–H groups in total. The van der Waals surface area contributed by atoms with Crippen LogP contribution in [0.3, 0.4) is 0 Å². The van der Waals surface area contributed by atoms with Crippen LogP contribution in [0, 0.1) is 0 Å². The Bertz CT molecular complexity index is 862. The molecule has 25 heavy (non-hydrogen) atoms. The van der Waals surface area contributed by atoms with Gasteiger partial charge in [0, 0.05) is 10.0 Å². The van der Waals surface area contributed by atoms with Crippen LogP contribution in [0.15, 0.2) is 36.4 Å². The van der Waals surface area contributed by atoms with Crippen molar-refractivity contribution in [1.82, 2.24) is 15.0 Å². The summed E-state index contributed by atoms with van der Waals surface area (Å²) in [4.78, 5) is 12.3. The number of halogens is 5. The second-order valence-electron chi connectivity index (χ2n) is 4.75. The van der Waals surface area contributed by atoms with Crippen molar-refractivity contribution in [2.24, 2.45) is 0 Å². The number of nitrogens with zero attached hydrogens (tertiary/aromatic N) is 3. The summed E-state index contributed by atoms with van der Waals surface area (Å²) in [6.07, 6.45) is 0. The molecule has 0 spiro atoms. The summed E-state index contributed by atoms with van der Waals surface area (Å²) in [5.74, 6) is 0.370. The number of hydrogen-bond donors (Lipinski definition) is 2. The van der Waals surface area contributed by atoms with E-state index in [0.29, 0.717) is 31.5 Å². The monoisotopic (exact) mass is 433 g/mol. The highest BCUT2D eigenvalue weighted by atomic mass is 35.5. The average molecular weight is 436 g/mol. The Hall–Kier alpha value is -1.50. The minimum absolute atomic E-state index is 0.0173. The standard InChI is InChI=1S/C15H8Cl5N5/c16-7-1-3-9(18)11(5-7)21-14-23-13(20)24-15(25-14)22-12-6-8(17)2-4-10(12)19/h1-6H,(H2,21,22,23,24,25). The van der Waals surface area contributed by atoms with Crippen LogP contribution in [0.25, 0.3) is 0 Å². The molecule has 0 aliphatic rings. The van der Waals surface area contributed by atoms with Crippen molar-refractivity contribution in [3.63, 3.8) is 0 Å². The largest absolute Gasteiger partial charge is 0.323 e. The number of nitrogens with one attached hydrogen (secondary N) is 2. The van der Waals surface area contributed by atoms with Crippen molar-refractivity contribution in [3.05, 3.63) is 61.8 Å². The first kappa shape index (κ1) is 18.3. The lowest BCUT2D eigenvalue weighted by atomic mass is 10.3. The van der Waals surface area contributed by atoms with E-state index in [2.05, 4.69) is 25.6 Å². The van der Waals surface area contributed by atoms with Gasteiger partial charge >= 0.3 is 0 Å². The fraction of sp³-hybridized carbons (Fsp3) is 0. The summed E-state index contributed by atoms with van der Waals surface area (Å²) in [6.45, 7) is 0. The Balaban J connectivity index is 1.90. The van der Waals surface area contributed by atoms with Crippen molar-refractivity contribution in [1.29, 1.82) is 0 Å². The van der Waals surface area contributed by atoms with Gasteiger partial charge in [0.25, 0.3) is 0 Å². The van der Waals surface area contributed by atoms with E-state index in [9.17, 15) is 0 Å². The van der Waals surface area contributed by atoms with Crippen molar-refractivity contribution in [2.75, 3.05) is 10.6 Å². The first-order valence-electron chi connectivity index (χ1n) is 6.76. The molecular formula is C15H8Cl5N5. The summed E-state index contributed by atoms with van der Waals surface area (Å²) in [5.41, 5.74) is 1.06. The van der Waals surface area contributed by atoms with Gasteiger partial charge in [0.15, 0.2) is 0 Å². The van der Waals surface area contributed by atoms with E-state index >= 15 is 0 Å². The normalized spacial score (nSPS) is 10.6. The maximum Gasteiger partial charge on any atom is 0.233 e. The van der Waals surface area contributed by atoms with Crippen LogP contribution >= 0.6 is 58.0 Å². The Morgan fingerprint density at radius 2 is 1.04 bits per heavy atom. The van der Waals surface area contributed by atoms with Crippen LogP contribution in [-0.4, -0.2) is 15.0 Å². The lowest BCUT2D eigenvalue weighted by Gasteiger charge is -2.10. The first-order chi connectivity index (χ1) is 11.9. The molecule has 0 amide bonds. The molecule has 2 aromatic carbocycles. The van der Waals surface area contributed by atoms with Gasteiger partial charge in [-0.05, 0) is 48.0 Å². The molecule has 0 bridgehead atoms. The van der Waals surface area contributed by atoms with E-state index in [1.165, 1.54) is 0 Å². The second-order valence-corrected chi connectivity index (χ2v) is 6.78. The Labute approximate surface area is 168 Å². The van der Waals surface area contributed by atoms with Gasteiger partial charge in [-0.2, -0.15) is 15.0 Å². The fourth-order valence-corrected chi connectivity index (χ4v) is 2.72. The second kappa shape index (κ2) is 7.81. The van der Waals surface area contributed by atoms with E-state index in [-0.39, 0.29) is 17.2 Å². The van der Waals surface area contributed by atoms with Crippen LogP contribution in [0.4, 0.5) is 23.3 Å². The van der Waals surface area contributed by atoms with Gasteiger partial charge in [0.2, 0.25) is 17.2 Å². The molecule has 0 aliphatic heterocycles. The molecule has 0 aliphatic carbocycles. The van der Waals surface area contributed by atoms with Crippen molar-refractivity contribution >= 4 is 81.3 Å². The smallest absolute Gasteiger partial charge is 0.233 e. The molecule has 3 rings (SSSR count). The molecule has 1 aromatic heterocycles. The Morgan fingerprint density at radius 1 is 0.600 bits per heavy atom. The van der Waals surface area contributed by atoms with E-state index in [4.69, 9.17) is 58.0 Å². The van der Waals surface area contributed by atoms with Crippen LogP contribution in [-0.2, 0) is 0 Å². The zero-order chi connectivity index (χ0) is 18.0. The van der Waals surface area contributed by atoms with Gasteiger partial charge < -0.3 is 10.6 Å². The molecule has 1 heterocycles. The van der Waals surface area contributed by atoms with Gasteiger partial charge in [-0.15, -0.1) is 0 Å². The van der Waals surface area contributed by atoms with Crippen molar-refractivity contribution < 1.29 is 0 Å². The highest BCUT2D eigenvalue weighted by molar-refractivity contribution is 6.36. The molecule has 0 fully saturated rings. The molecule has 5 nitrogen and oxygen atoms in total. The first-order valence-corrected chi connectivity index (χ1v) is 8.65. The number of benzene rings is 2. The molecule has 0 saturated carbocycles. The van der Waals surface area contributed by atoms with Gasteiger partial charge in [0.1, 0.15) is 0 Å². The lowest BCUT2D eigenvalue weighted by molar-refractivity contribution is 1.06. The molecule has 3 aromatic rings. The zero-order valence-corrected chi connectivity index (χ0v) is 16.0. The number of anilines is 4. The molecule has 0 radical (unpaired) electrons. The Morgan fingerprint density at radius 3 is 1.48 bits per heavy atom. The van der Waals surface area contributed by atoms with E-state index in [0.717, 1.165) is 0 Å². The average Bonchev–Trinajstić information content (AvgIpc) is 2.54. The summed E-state index contributed by atoms with van der Waals surface area (Å²) in [6, 6.07) is 9.93. The Kier molecular flexibility index (Phi) is 5.71. The highest BCUT2D eigenvalue weighted by Gasteiger charge is 2.10. The quantitative estimate of drug-likeness (QED) is 0.482. The van der Waals surface area contributed by atoms with Crippen LogP contribution in [0.1, 0.15) is 0 Å². The van der Waals surface area contributed by atoms with Gasteiger partial charge in [-0.3, -0.25) is 0 Å². The summed E-state index contributed by atoms with van der Waals surface area (Å²) in [5, 5.41) is 7.80. The molecule has 0 unspecified atom stereocenters. The van der Waals surface area contributed by atoms with Gasteiger partial charge in [0.05, 0.1) is 21.4 Å². The molecular weight excluding hydrogens is 427 g/mol. The topological polar surface area (TPSA) is 62.7 Å². The predicted molar refractivity (Wildman–Crippen MR) is 104 cm³/mol. The highest BCUT2D eigenvalue weighted by Crippen LogP contribution is 2.30. The third kappa shape index (κ3) is 4.77. The summed E-state index contributed by atoms with van der Waals surface area (Å²) in [7, 11) is 0. The minimum Gasteiger partial charge on any atom is -0.323 e. The minimum atomic E-state index is -0.0173. The molecule has 0 atom stereocenters. The van der Waals surface area contributed by atoms with Crippen molar-refractivity contribution in [3.8, 4) is 0 Å². The maximum absolute atomic E-state index is 6.12. The van der Waals surface area contributed by atoms with E-state index < -0.39 is 0 Å². The van der Waals surface area contributed by atoms with Gasteiger partial charge in [-0.25, -0.2) is 0 Å². The zero-order valence-electron chi connectivity index (χ0n) is 12.2. The molecule has 0 saturated heterocycles. The summed E-state index contributed by atoms with van der Waals surface area (Å²) < 4.78 is 0. The predicted octanol–water partition coefficient (Wildman–Crippen LogP) is 6.63. The number of hydrogen-bond acceptors (Lipinski definition) is 5. The molecule has 10 heteroatoms. The fourth-order valence-electron chi connectivity index (χ4n) is 1.89. The van der Waals surface area contributed by atoms with Crippen LogP contribution in [0.2, 0.25) is 25.4 Å². The van der Waals surface area contributed by atoms with Crippen molar-refractivity contribution in [2.45, 2.75) is 0 Å². The third-order valence-corrected chi connectivity index (χ3v) is 4.26. The number of aromatic nitrogens is 3. The molecule has 128 valence electrons.